The Morgan fingerprint density at radius 1 is 0.923 bits per heavy atom. The van der Waals surface area contributed by atoms with Crippen molar-refractivity contribution in [3.63, 3.8) is 0 Å². The molecular weight excluding hydrogens is 328 g/mol. The van der Waals surface area contributed by atoms with Crippen molar-refractivity contribution < 1.29 is 4.79 Å². The van der Waals surface area contributed by atoms with E-state index in [1.54, 1.807) is 24.4 Å². The number of aromatic nitrogens is 3. The molecule has 0 bridgehead atoms. The largest absolute Gasteiger partial charge is 0.350 e. The second-order valence-corrected chi connectivity index (χ2v) is 5.83. The first-order valence-corrected chi connectivity index (χ1v) is 8.21. The third kappa shape index (κ3) is 3.00. The summed E-state index contributed by atoms with van der Waals surface area (Å²) >= 11 is 0. The van der Waals surface area contributed by atoms with Gasteiger partial charge in [-0.25, -0.2) is 9.48 Å². The molecule has 2 aromatic heterocycles. The number of fused-ring (bicyclic) bond motifs is 1. The maximum atomic E-state index is 12.5. The van der Waals surface area contributed by atoms with Crippen LogP contribution in [-0.4, -0.2) is 20.1 Å². The first-order valence-electron chi connectivity index (χ1n) is 8.21. The summed E-state index contributed by atoms with van der Waals surface area (Å²) in [5, 5.41) is 7.06. The number of nitrogens with zero attached hydrogens (tertiary/aromatic N) is 3. The number of benzene rings is 2. The topological polar surface area (TPSA) is 68.4 Å². The van der Waals surface area contributed by atoms with Crippen molar-refractivity contribution in [2.45, 2.75) is 6.54 Å². The molecule has 0 radical (unpaired) electrons. The lowest BCUT2D eigenvalue weighted by molar-refractivity contribution is -0.117. The van der Waals surface area contributed by atoms with E-state index in [-0.39, 0.29) is 18.1 Å². The standard InChI is InChI=1S/C20H16N4O2/c25-19(14-24-20(26)23-13-7-6-12-18(23)22-24)21-17-11-5-4-10-16(17)15-8-2-1-3-9-15/h1-13H,14H2,(H,21,25). The SMILES string of the molecule is O=C(Cn1nc2ccccn2c1=O)Nc1ccccc1-c1ccccc1. The molecule has 128 valence electrons. The molecule has 4 rings (SSSR count). The second kappa shape index (κ2) is 6.68. The summed E-state index contributed by atoms with van der Waals surface area (Å²) in [6, 6.07) is 22.6. The van der Waals surface area contributed by atoms with Gasteiger partial charge in [-0.1, -0.05) is 54.6 Å². The van der Waals surface area contributed by atoms with E-state index < -0.39 is 0 Å². The van der Waals surface area contributed by atoms with E-state index in [0.29, 0.717) is 11.3 Å². The van der Waals surface area contributed by atoms with Crippen molar-refractivity contribution >= 4 is 17.2 Å². The molecule has 2 heterocycles. The van der Waals surface area contributed by atoms with Gasteiger partial charge >= 0.3 is 5.69 Å². The third-order valence-electron chi connectivity index (χ3n) is 4.07. The minimum Gasteiger partial charge on any atom is -0.324 e. The number of para-hydroxylation sites is 1. The lowest BCUT2D eigenvalue weighted by Gasteiger charge is -2.11. The Bertz CT molecular complexity index is 1130. The summed E-state index contributed by atoms with van der Waals surface area (Å²) in [5.74, 6) is -0.307. The van der Waals surface area contributed by atoms with Gasteiger partial charge in [0.2, 0.25) is 5.91 Å². The second-order valence-electron chi connectivity index (χ2n) is 5.83. The monoisotopic (exact) mass is 344 g/mol. The first-order chi connectivity index (χ1) is 12.7. The van der Waals surface area contributed by atoms with Crippen LogP contribution in [0.1, 0.15) is 0 Å². The Kier molecular flexibility index (Phi) is 4.07. The summed E-state index contributed by atoms with van der Waals surface area (Å²) < 4.78 is 2.57. The summed E-state index contributed by atoms with van der Waals surface area (Å²) in [6.07, 6.45) is 1.63. The van der Waals surface area contributed by atoms with Gasteiger partial charge in [0.15, 0.2) is 5.65 Å². The molecule has 2 aromatic carbocycles. The molecule has 0 aliphatic rings. The van der Waals surface area contributed by atoms with Gasteiger partial charge in [0.25, 0.3) is 0 Å². The zero-order valence-electron chi connectivity index (χ0n) is 13.9. The van der Waals surface area contributed by atoms with Gasteiger partial charge in [0.05, 0.1) is 0 Å². The van der Waals surface area contributed by atoms with Crippen LogP contribution in [-0.2, 0) is 11.3 Å². The van der Waals surface area contributed by atoms with Gasteiger partial charge in [-0.3, -0.25) is 9.20 Å². The van der Waals surface area contributed by atoms with Crippen molar-refractivity contribution in [3.05, 3.63) is 89.5 Å². The van der Waals surface area contributed by atoms with Gasteiger partial charge < -0.3 is 5.32 Å². The molecule has 0 unspecified atom stereocenters. The van der Waals surface area contributed by atoms with Crippen LogP contribution in [0.4, 0.5) is 5.69 Å². The molecule has 1 amide bonds. The lowest BCUT2D eigenvalue weighted by atomic mass is 10.0. The highest BCUT2D eigenvalue weighted by Crippen LogP contribution is 2.27. The van der Waals surface area contributed by atoms with Crippen LogP contribution in [0.5, 0.6) is 0 Å². The molecule has 1 N–H and O–H groups in total. The molecule has 0 aliphatic carbocycles. The molecule has 6 nitrogen and oxygen atoms in total. The van der Waals surface area contributed by atoms with E-state index in [9.17, 15) is 9.59 Å². The minimum atomic E-state index is -0.341. The van der Waals surface area contributed by atoms with Crippen molar-refractivity contribution in [2.75, 3.05) is 5.32 Å². The maximum Gasteiger partial charge on any atom is 0.350 e. The molecular formula is C20H16N4O2. The summed E-state index contributed by atoms with van der Waals surface area (Å²) in [4.78, 5) is 24.8. The number of carbonyl (C=O) groups is 1. The normalized spacial score (nSPS) is 10.8. The minimum absolute atomic E-state index is 0.149. The number of anilines is 1. The Morgan fingerprint density at radius 3 is 2.46 bits per heavy atom. The Morgan fingerprint density at radius 2 is 1.65 bits per heavy atom. The molecule has 0 aliphatic heterocycles. The molecule has 26 heavy (non-hydrogen) atoms. The quantitative estimate of drug-likeness (QED) is 0.619. The zero-order chi connectivity index (χ0) is 17.9. The average Bonchev–Trinajstić information content (AvgIpc) is 2.99. The van der Waals surface area contributed by atoms with Crippen molar-refractivity contribution in [1.29, 1.82) is 0 Å². The van der Waals surface area contributed by atoms with Crippen LogP contribution in [0.3, 0.4) is 0 Å². The number of nitrogens with one attached hydrogen (secondary N) is 1. The van der Waals surface area contributed by atoms with Gasteiger partial charge in [-0.2, -0.15) is 0 Å². The lowest BCUT2D eigenvalue weighted by Crippen LogP contribution is -2.28. The van der Waals surface area contributed by atoms with E-state index in [1.807, 2.05) is 54.6 Å². The van der Waals surface area contributed by atoms with Crippen LogP contribution in [0.2, 0.25) is 0 Å². The summed E-state index contributed by atoms with van der Waals surface area (Å²) in [5.41, 5.74) is 2.79. The Hall–Kier alpha value is -3.67. The van der Waals surface area contributed by atoms with E-state index in [0.717, 1.165) is 15.8 Å². The van der Waals surface area contributed by atoms with Gasteiger partial charge in [0, 0.05) is 17.4 Å². The molecule has 0 saturated carbocycles. The van der Waals surface area contributed by atoms with Crippen LogP contribution < -0.4 is 11.0 Å². The van der Waals surface area contributed by atoms with E-state index >= 15 is 0 Å². The molecule has 0 atom stereocenters. The average molecular weight is 344 g/mol. The van der Waals surface area contributed by atoms with Crippen LogP contribution in [0, 0.1) is 0 Å². The molecule has 0 spiro atoms. The number of pyridine rings is 1. The molecule has 4 aromatic rings. The predicted octanol–water partition coefficient (Wildman–Crippen LogP) is 2.80. The number of amides is 1. The molecule has 0 saturated heterocycles. The third-order valence-corrected chi connectivity index (χ3v) is 4.07. The van der Waals surface area contributed by atoms with E-state index in [2.05, 4.69) is 10.4 Å². The smallest absolute Gasteiger partial charge is 0.324 e. The number of rotatable bonds is 4. The predicted molar refractivity (Wildman–Crippen MR) is 100.0 cm³/mol. The fourth-order valence-electron chi connectivity index (χ4n) is 2.86. The highest BCUT2D eigenvalue weighted by molar-refractivity contribution is 5.95. The van der Waals surface area contributed by atoms with Crippen LogP contribution in [0.25, 0.3) is 16.8 Å². The Labute approximate surface area is 149 Å². The van der Waals surface area contributed by atoms with Gasteiger partial charge in [-0.15, -0.1) is 5.10 Å². The highest BCUT2D eigenvalue weighted by Gasteiger charge is 2.12. The van der Waals surface area contributed by atoms with Crippen molar-refractivity contribution in [3.8, 4) is 11.1 Å². The van der Waals surface area contributed by atoms with Gasteiger partial charge in [-0.05, 0) is 23.8 Å². The van der Waals surface area contributed by atoms with E-state index in [1.165, 1.54) is 4.40 Å². The molecule has 6 heteroatoms. The van der Waals surface area contributed by atoms with Crippen LogP contribution in [0.15, 0.2) is 83.8 Å². The fraction of sp³-hybridized carbons (Fsp3) is 0.0500. The fourth-order valence-corrected chi connectivity index (χ4v) is 2.86. The summed E-state index contributed by atoms with van der Waals surface area (Å²) in [7, 11) is 0. The maximum absolute atomic E-state index is 12.5. The Balaban J connectivity index is 1.59. The number of hydrogen-bond acceptors (Lipinski definition) is 3. The van der Waals surface area contributed by atoms with Crippen LogP contribution >= 0.6 is 0 Å². The number of carbonyl (C=O) groups excluding carboxylic acids is 1. The van der Waals surface area contributed by atoms with E-state index in [4.69, 9.17) is 0 Å². The highest BCUT2D eigenvalue weighted by atomic mass is 16.2. The van der Waals surface area contributed by atoms with Crippen molar-refractivity contribution in [2.24, 2.45) is 0 Å². The van der Waals surface area contributed by atoms with Gasteiger partial charge in [0.1, 0.15) is 6.54 Å². The first kappa shape index (κ1) is 15.8. The summed E-state index contributed by atoms with van der Waals surface area (Å²) in [6.45, 7) is -0.149. The zero-order valence-corrected chi connectivity index (χ0v) is 13.9. The van der Waals surface area contributed by atoms with Crippen molar-refractivity contribution in [1.82, 2.24) is 14.2 Å². The number of hydrogen-bond donors (Lipinski definition) is 1. The molecule has 0 fully saturated rings.